The van der Waals surface area contributed by atoms with Crippen molar-refractivity contribution in [2.24, 2.45) is 0 Å². The Bertz CT molecular complexity index is 1110. The highest BCUT2D eigenvalue weighted by Crippen LogP contribution is 2.32. The number of nitrogens with one attached hydrogen (secondary N) is 1. The summed E-state index contributed by atoms with van der Waals surface area (Å²) in [5.41, 5.74) is 1.35. The minimum atomic E-state index is -0.925. The molecule has 0 unspecified atom stereocenters. The van der Waals surface area contributed by atoms with Gasteiger partial charge in [-0.25, -0.2) is 4.98 Å². The van der Waals surface area contributed by atoms with Crippen LogP contribution in [0.3, 0.4) is 0 Å². The van der Waals surface area contributed by atoms with Crippen LogP contribution in [0.2, 0.25) is 0 Å². The highest BCUT2D eigenvalue weighted by atomic mass is 16.5. The number of carbonyl (C=O) groups is 2. The van der Waals surface area contributed by atoms with Crippen LogP contribution in [0.4, 0.5) is 5.69 Å². The van der Waals surface area contributed by atoms with Gasteiger partial charge in [-0.05, 0) is 54.8 Å². The lowest BCUT2D eigenvalue weighted by Crippen LogP contribution is -2.47. The zero-order chi connectivity index (χ0) is 24.6. The Morgan fingerprint density at radius 1 is 0.914 bits per heavy atom. The molecule has 1 aliphatic rings. The van der Waals surface area contributed by atoms with E-state index in [1.165, 1.54) is 29.9 Å². The number of carbonyl (C=O) groups excluding carboxylic acids is 2. The molecular weight excluding hydrogens is 444 g/mol. The first kappa shape index (κ1) is 24.2. The first-order valence-electron chi connectivity index (χ1n) is 11.8. The molecule has 0 aliphatic heterocycles. The van der Waals surface area contributed by atoms with E-state index in [1.54, 1.807) is 50.6 Å². The molecule has 0 saturated heterocycles. The van der Waals surface area contributed by atoms with Gasteiger partial charge < -0.3 is 14.8 Å². The minimum Gasteiger partial charge on any atom is -0.497 e. The third-order valence-corrected chi connectivity index (χ3v) is 6.24. The van der Waals surface area contributed by atoms with Gasteiger partial charge in [-0.3, -0.25) is 19.5 Å². The normalized spacial score (nSPS) is 14.6. The molecule has 4 rings (SSSR count). The second kappa shape index (κ2) is 11.5. The van der Waals surface area contributed by atoms with Crippen molar-refractivity contribution in [2.75, 3.05) is 19.1 Å². The van der Waals surface area contributed by atoms with E-state index in [0.29, 0.717) is 22.7 Å². The van der Waals surface area contributed by atoms with Gasteiger partial charge in [-0.2, -0.15) is 0 Å². The monoisotopic (exact) mass is 474 g/mol. The minimum absolute atomic E-state index is 0.0846. The van der Waals surface area contributed by atoms with Gasteiger partial charge in [0, 0.05) is 24.1 Å². The van der Waals surface area contributed by atoms with Crippen LogP contribution in [0.15, 0.2) is 67.1 Å². The van der Waals surface area contributed by atoms with Crippen molar-refractivity contribution in [3.63, 3.8) is 0 Å². The number of ether oxygens (including phenoxy) is 2. The summed E-state index contributed by atoms with van der Waals surface area (Å²) in [4.78, 5) is 37.4. The zero-order valence-electron chi connectivity index (χ0n) is 20.0. The van der Waals surface area contributed by atoms with E-state index in [2.05, 4.69) is 15.3 Å². The number of amides is 2. The van der Waals surface area contributed by atoms with Gasteiger partial charge in [0.25, 0.3) is 5.91 Å². The molecule has 1 fully saturated rings. The largest absolute Gasteiger partial charge is 0.497 e. The molecule has 1 heterocycles. The SMILES string of the molecule is COc1ccc([C@@H](C(=O)NC2CCCCC2)N(C(=O)c2cnccn2)c2ccc(OC)cc2)cc1. The Kier molecular flexibility index (Phi) is 7.92. The Balaban J connectivity index is 1.79. The second-order valence-electron chi connectivity index (χ2n) is 8.48. The van der Waals surface area contributed by atoms with E-state index in [-0.39, 0.29) is 17.6 Å². The van der Waals surface area contributed by atoms with Crippen LogP contribution in [0.5, 0.6) is 11.5 Å². The maximum atomic E-state index is 13.8. The predicted molar refractivity (Wildman–Crippen MR) is 133 cm³/mol. The van der Waals surface area contributed by atoms with Gasteiger partial charge in [0.2, 0.25) is 5.91 Å². The van der Waals surface area contributed by atoms with Crippen molar-refractivity contribution in [1.29, 1.82) is 0 Å². The van der Waals surface area contributed by atoms with Crippen molar-refractivity contribution in [3.8, 4) is 11.5 Å². The van der Waals surface area contributed by atoms with Gasteiger partial charge in [0.1, 0.15) is 23.2 Å². The number of hydrogen-bond donors (Lipinski definition) is 1. The van der Waals surface area contributed by atoms with Crippen LogP contribution in [0.1, 0.15) is 54.2 Å². The van der Waals surface area contributed by atoms with E-state index in [1.807, 2.05) is 12.1 Å². The number of nitrogens with zero attached hydrogens (tertiary/aromatic N) is 3. The molecule has 0 bridgehead atoms. The molecular formula is C27H30N4O4. The summed E-state index contributed by atoms with van der Waals surface area (Å²) in [5.74, 6) is 0.641. The lowest BCUT2D eigenvalue weighted by molar-refractivity contribution is -0.123. The third-order valence-electron chi connectivity index (χ3n) is 6.24. The molecule has 8 nitrogen and oxygen atoms in total. The molecule has 2 aromatic carbocycles. The van der Waals surface area contributed by atoms with Gasteiger partial charge >= 0.3 is 0 Å². The molecule has 0 radical (unpaired) electrons. The highest BCUT2D eigenvalue weighted by Gasteiger charge is 2.35. The van der Waals surface area contributed by atoms with Gasteiger partial charge in [0.15, 0.2) is 0 Å². The van der Waals surface area contributed by atoms with Crippen molar-refractivity contribution < 1.29 is 19.1 Å². The standard InChI is InChI=1S/C27H30N4O4/c1-34-22-12-8-19(9-13-22)25(26(32)30-20-6-4-3-5-7-20)31(21-10-14-23(35-2)15-11-21)27(33)24-18-28-16-17-29-24/h8-18,20,25H,3-7H2,1-2H3,(H,30,32)/t25-/m0/s1. The summed E-state index contributed by atoms with van der Waals surface area (Å²) < 4.78 is 10.6. The van der Waals surface area contributed by atoms with Crippen LogP contribution in [-0.2, 0) is 4.79 Å². The van der Waals surface area contributed by atoms with E-state index in [4.69, 9.17) is 9.47 Å². The van der Waals surface area contributed by atoms with Gasteiger partial charge in [-0.1, -0.05) is 31.4 Å². The topological polar surface area (TPSA) is 93.7 Å². The molecule has 182 valence electrons. The average molecular weight is 475 g/mol. The molecule has 1 saturated carbocycles. The van der Waals surface area contributed by atoms with Crippen molar-refractivity contribution in [2.45, 2.75) is 44.2 Å². The smallest absolute Gasteiger partial charge is 0.279 e. The van der Waals surface area contributed by atoms with Crippen molar-refractivity contribution >= 4 is 17.5 Å². The zero-order valence-corrected chi connectivity index (χ0v) is 20.0. The predicted octanol–water partition coefficient (Wildman–Crippen LogP) is 4.33. The van der Waals surface area contributed by atoms with Gasteiger partial charge in [-0.15, -0.1) is 0 Å². The fraction of sp³-hybridized carbons (Fsp3) is 0.333. The number of benzene rings is 2. The first-order chi connectivity index (χ1) is 17.1. The van der Waals surface area contributed by atoms with Crippen molar-refractivity contribution in [3.05, 3.63) is 78.4 Å². The summed E-state index contributed by atoms with van der Waals surface area (Å²) in [6.45, 7) is 0. The Morgan fingerprint density at radius 2 is 1.54 bits per heavy atom. The van der Waals surface area contributed by atoms with Gasteiger partial charge in [0.05, 0.1) is 20.4 Å². The van der Waals surface area contributed by atoms with Crippen molar-refractivity contribution in [1.82, 2.24) is 15.3 Å². The Morgan fingerprint density at radius 3 is 2.11 bits per heavy atom. The first-order valence-corrected chi connectivity index (χ1v) is 11.8. The molecule has 1 aromatic heterocycles. The lowest BCUT2D eigenvalue weighted by Gasteiger charge is -2.33. The van der Waals surface area contributed by atoms with Crippen LogP contribution in [0.25, 0.3) is 0 Å². The van der Waals surface area contributed by atoms with E-state index >= 15 is 0 Å². The maximum absolute atomic E-state index is 13.8. The highest BCUT2D eigenvalue weighted by molar-refractivity contribution is 6.09. The second-order valence-corrected chi connectivity index (χ2v) is 8.48. The number of methoxy groups -OCH3 is 2. The molecule has 1 N–H and O–H groups in total. The summed E-state index contributed by atoms with van der Waals surface area (Å²) in [5, 5.41) is 3.20. The van der Waals surface area contributed by atoms with Crippen LogP contribution < -0.4 is 19.7 Å². The summed E-state index contributed by atoms with van der Waals surface area (Å²) in [7, 11) is 3.17. The third kappa shape index (κ3) is 5.77. The summed E-state index contributed by atoms with van der Waals surface area (Å²) >= 11 is 0. The molecule has 1 aliphatic carbocycles. The van der Waals surface area contributed by atoms with E-state index in [0.717, 1.165) is 25.7 Å². The van der Waals surface area contributed by atoms with Crippen LogP contribution in [-0.4, -0.2) is 42.0 Å². The van der Waals surface area contributed by atoms with E-state index in [9.17, 15) is 9.59 Å². The number of aromatic nitrogens is 2. The molecule has 3 aromatic rings. The Labute approximate surface area is 205 Å². The average Bonchev–Trinajstić information content (AvgIpc) is 2.92. The molecule has 35 heavy (non-hydrogen) atoms. The van der Waals surface area contributed by atoms with Crippen LogP contribution >= 0.6 is 0 Å². The fourth-order valence-electron chi connectivity index (χ4n) is 4.39. The fourth-order valence-corrected chi connectivity index (χ4v) is 4.39. The molecule has 2 amide bonds. The number of anilines is 1. The molecule has 1 atom stereocenters. The van der Waals surface area contributed by atoms with Crippen LogP contribution in [0, 0.1) is 0 Å². The summed E-state index contributed by atoms with van der Waals surface area (Å²) in [6, 6.07) is 13.4. The molecule has 0 spiro atoms. The number of hydrogen-bond acceptors (Lipinski definition) is 6. The molecule has 8 heteroatoms. The number of rotatable bonds is 8. The van der Waals surface area contributed by atoms with E-state index < -0.39 is 11.9 Å². The quantitative estimate of drug-likeness (QED) is 0.522. The lowest BCUT2D eigenvalue weighted by atomic mass is 9.94. The maximum Gasteiger partial charge on any atom is 0.279 e. The summed E-state index contributed by atoms with van der Waals surface area (Å²) in [6.07, 6.45) is 9.58. The Hall–Kier alpha value is -3.94.